The first kappa shape index (κ1) is 17.8. The fraction of sp³-hybridized carbons (Fsp3) is 0.556. The standard InChI is InChI=1S/C18H25FN4O2/c1-23-14(11-22-18(25)17-15(23)8-9-20-17)6-7-16(24)21-10-12-2-4-13(19)5-3-12/h2-5,14-15,17,20H,6-11H2,1H3,(H,21,24)(H,22,25)/t14-,15+,17-/m0/s1. The van der Waals surface area contributed by atoms with Crippen molar-refractivity contribution in [2.24, 2.45) is 0 Å². The molecular weight excluding hydrogens is 323 g/mol. The number of nitrogens with one attached hydrogen (secondary N) is 3. The molecule has 25 heavy (non-hydrogen) atoms. The average molecular weight is 348 g/mol. The van der Waals surface area contributed by atoms with E-state index in [-0.39, 0.29) is 35.8 Å². The molecule has 0 spiro atoms. The molecule has 2 heterocycles. The Morgan fingerprint density at radius 3 is 2.88 bits per heavy atom. The van der Waals surface area contributed by atoms with Crippen LogP contribution in [-0.4, -0.2) is 55.0 Å². The molecule has 0 radical (unpaired) electrons. The number of nitrogens with zero attached hydrogens (tertiary/aromatic N) is 1. The number of likely N-dealkylation sites (N-methyl/N-ethyl adjacent to an activating group) is 1. The summed E-state index contributed by atoms with van der Waals surface area (Å²) in [5, 5.41) is 9.08. The Bertz CT molecular complexity index is 622. The molecule has 2 fully saturated rings. The molecule has 0 aromatic heterocycles. The van der Waals surface area contributed by atoms with Crippen LogP contribution in [0.2, 0.25) is 0 Å². The van der Waals surface area contributed by atoms with Crippen molar-refractivity contribution < 1.29 is 14.0 Å². The maximum Gasteiger partial charge on any atom is 0.238 e. The molecule has 2 amide bonds. The molecule has 7 heteroatoms. The molecule has 0 bridgehead atoms. The van der Waals surface area contributed by atoms with E-state index in [0.29, 0.717) is 25.9 Å². The van der Waals surface area contributed by atoms with E-state index in [0.717, 1.165) is 18.5 Å². The van der Waals surface area contributed by atoms with Gasteiger partial charge in [-0.2, -0.15) is 0 Å². The second-order valence-corrected chi connectivity index (χ2v) is 6.79. The van der Waals surface area contributed by atoms with Crippen LogP contribution in [0.25, 0.3) is 0 Å². The Morgan fingerprint density at radius 2 is 2.12 bits per heavy atom. The van der Waals surface area contributed by atoms with E-state index in [9.17, 15) is 14.0 Å². The molecule has 3 N–H and O–H groups in total. The molecule has 1 aromatic rings. The summed E-state index contributed by atoms with van der Waals surface area (Å²) in [6.45, 7) is 1.80. The number of carbonyl (C=O) groups excluding carboxylic acids is 2. The van der Waals surface area contributed by atoms with Crippen LogP contribution in [0.1, 0.15) is 24.8 Å². The number of hydrogen-bond acceptors (Lipinski definition) is 4. The molecule has 0 unspecified atom stereocenters. The highest BCUT2D eigenvalue weighted by Crippen LogP contribution is 2.21. The fourth-order valence-corrected chi connectivity index (χ4v) is 3.63. The lowest BCUT2D eigenvalue weighted by Crippen LogP contribution is -2.48. The Hall–Kier alpha value is -1.99. The van der Waals surface area contributed by atoms with Crippen LogP contribution in [0.4, 0.5) is 4.39 Å². The molecule has 2 saturated heterocycles. The lowest BCUT2D eigenvalue weighted by molar-refractivity contribution is -0.123. The maximum absolute atomic E-state index is 12.9. The van der Waals surface area contributed by atoms with Crippen molar-refractivity contribution in [1.82, 2.24) is 20.9 Å². The molecule has 2 aliphatic rings. The van der Waals surface area contributed by atoms with Crippen LogP contribution in [0.5, 0.6) is 0 Å². The Balaban J connectivity index is 1.47. The van der Waals surface area contributed by atoms with E-state index < -0.39 is 0 Å². The van der Waals surface area contributed by atoms with Crippen molar-refractivity contribution in [3.8, 4) is 0 Å². The molecule has 3 atom stereocenters. The normalized spacial score (nSPS) is 26.6. The van der Waals surface area contributed by atoms with Crippen molar-refractivity contribution in [3.05, 3.63) is 35.6 Å². The van der Waals surface area contributed by atoms with Gasteiger partial charge in [0.15, 0.2) is 0 Å². The van der Waals surface area contributed by atoms with Crippen LogP contribution >= 0.6 is 0 Å². The number of halogens is 1. The largest absolute Gasteiger partial charge is 0.353 e. The molecule has 0 saturated carbocycles. The van der Waals surface area contributed by atoms with Gasteiger partial charge in [0, 0.05) is 31.6 Å². The first-order valence-corrected chi connectivity index (χ1v) is 8.79. The Labute approximate surface area is 147 Å². The SMILES string of the molecule is CN1[C@@H](CCC(=O)NCc2ccc(F)cc2)CNC(=O)[C@H]2NCC[C@H]21. The monoisotopic (exact) mass is 348 g/mol. The van der Waals surface area contributed by atoms with Crippen molar-refractivity contribution in [1.29, 1.82) is 0 Å². The minimum atomic E-state index is -0.284. The first-order chi connectivity index (χ1) is 12.0. The first-order valence-electron chi connectivity index (χ1n) is 8.79. The summed E-state index contributed by atoms with van der Waals surface area (Å²) >= 11 is 0. The summed E-state index contributed by atoms with van der Waals surface area (Å²) in [6.07, 6.45) is 2.04. The van der Waals surface area contributed by atoms with Crippen LogP contribution in [0.15, 0.2) is 24.3 Å². The number of amides is 2. The zero-order valence-corrected chi connectivity index (χ0v) is 14.4. The molecule has 0 aliphatic carbocycles. The number of fused-ring (bicyclic) bond motifs is 1. The molecule has 136 valence electrons. The lowest BCUT2D eigenvalue weighted by atomic mass is 10.0. The number of rotatable bonds is 5. The number of benzene rings is 1. The van der Waals surface area contributed by atoms with Gasteiger partial charge in [0.2, 0.25) is 11.8 Å². The topological polar surface area (TPSA) is 73.5 Å². The predicted molar refractivity (Wildman–Crippen MR) is 92.2 cm³/mol. The van der Waals surface area contributed by atoms with Crippen molar-refractivity contribution in [3.63, 3.8) is 0 Å². The van der Waals surface area contributed by atoms with E-state index in [2.05, 4.69) is 20.9 Å². The van der Waals surface area contributed by atoms with Crippen molar-refractivity contribution in [2.75, 3.05) is 20.1 Å². The van der Waals surface area contributed by atoms with E-state index in [1.165, 1.54) is 12.1 Å². The van der Waals surface area contributed by atoms with Gasteiger partial charge in [0.1, 0.15) is 11.9 Å². The van der Waals surface area contributed by atoms with Gasteiger partial charge in [-0.3, -0.25) is 14.5 Å². The van der Waals surface area contributed by atoms with Crippen LogP contribution in [0, 0.1) is 5.82 Å². The van der Waals surface area contributed by atoms with Gasteiger partial charge in [-0.05, 0) is 44.1 Å². The van der Waals surface area contributed by atoms with Gasteiger partial charge < -0.3 is 16.0 Å². The highest BCUT2D eigenvalue weighted by atomic mass is 19.1. The van der Waals surface area contributed by atoms with E-state index in [1.54, 1.807) is 12.1 Å². The summed E-state index contributed by atoms with van der Waals surface area (Å²) in [4.78, 5) is 26.4. The van der Waals surface area contributed by atoms with Crippen LogP contribution < -0.4 is 16.0 Å². The third kappa shape index (κ3) is 4.35. The highest BCUT2D eigenvalue weighted by Gasteiger charge is 2.40. The van der Waals surface area contributed by atoms with E-state index >= 15 is 0 Å². The molecule has 3 rings (SSSR count). The summed E-state index contributed by atoms with van der Waals surface area (Å²) in [7, 11) is 2.03. The van der Waals surface area contributed by atoms with Crippen LogP contribution in [-0.2, 0) is 16.1 Å². The zero-order chi connectivity index (χ0) is 17.8. The summed E-state index contributed by atoms with van der Waals surface area (Å²) in [5.74, 6) is -0.264. The summed E-state index contributed by atoms with van der Waals surface area (Å²) in [5.41, 5.74) is 0.869. The van der Waals surface area contributed by atoms with Crippen molar-refractivity contribution >= 4 is 11.8 Å². The maximum atomic E-state index is 12.9. The van der Waals surface area contributed by atoms with Gasteiger partial charge in [-0.1, -0.05) is 12.1 Å². The van der Waals surface area contributed by atoms with Crippen molar-refractivity contribution in [2.45, 2.75) is 43.9 Å². The highest BCUT2D eigenvalue weighted by molar-refractivity contribution is 5.83. The number of carbonyl (C=O) groups is 2. The molecule has 1 aromatic carbocycles. The zero-order valence-electron chi connectivity index (χ0n) is 14.4. The summed E-state index contributed by atoms with van der Waals surface area (Å²) < 4.78 is 12.9. The minimum Gasteiger partial charge on any atom is -0.353 e. The Kier molecular flexibility index (Phi) is 5.65. The van der Waals surface area contributed by atoms with Gasteiger partial charge in [0.05, 0.1) is 0 Å². The summed E-state index contributed by atoms with van der Waals surface area (Å²) in [6, 6.07) is 6.29. The average Bonchev–Trinajstić information content (AvgIpc) is 3.06. The van der Waals surface area contributed by atoms with Gasteiger partial charge in [-0.15, -0.1) is 0 Å². The third-order valence-corrected chi connectivity index (χ3v) is 5.19. The van der Waals surface area contributed by atoms with E-state index in [4.69, 9.17) is 0 Å². The molecule has 6 nitrogen and oxygen atoms in total. The van der Waals surface area contributed by atoms with Gasteiger partial charge in [0.25, 0.3) is 0 Å². The number of hydrogen-bond donors (Lipinski definition) is 3. The molecule has 2 aliphatic heterocycles. The quantitative estimate of drug-likeness (QED) is 0.719. The predicted octanol–water partition coefficient (Wildman–Crippen LogP) is 0.383. The van der Waals surface area contributed by atoms with Crippen LogP contribution in [0.3, 0.4) is 0 Å². The van der Waals surface area contributed by atoms with Gasteiger partial charge in [-0.25, -0.2) is 4.39 Å². The van der Waals surface area contributed by atoms with E-state index in [1.807, 2.05) is 7.05 Å². The second kappa shape index (κ2) is 7.93. The lowest BCUT2D eigenvalue weighted by Gasteiger charge is -2.31. The Morgan fingerprint density at radius 1 is 1.36 bits per heavy atom. The fourth-order valence-electron chi connectivity index (χ4n) is 3.63. The smallest absolute Gasteiger partial charge is 0.238 e. The minimum absolute atomic E-state index is 0.0330. The molecular formula is C18H25FN4O2. The third-order valence-electron chi connectivity index (χ3n) is 5.19. The van der Waals surface area contributed by atoms with Gasteiger partial charge >= 0.3 is 0 Å². The second-order valence-electron chi connectivity index (χ2n) is 6.79.